The molecule has 3 nitrogen and oxygen atoms in total. The second-order valence-electron chi connectivity index (χ2n) is 4.77. The van der Waals surface area contributed by atoms with Crippen LogP contribution in [0.25, 0.3) is 0 Å². The molecular formula is C11H22O3. The average molecular weight is 202 g/mol. The molecule has 84 valence electrons. The number of rotatable bonds is 4. The van der Waals surface area contributed by atoms with Crippen LogP contribution in [0.3, 0.4) is 0 Å². The molecule has 3 heteroatoms. The molecule has 2 unspecified atom stereocenters. The first-order valence-electron chi connectivity index (χ1n) is 5.53. The molecule has 1 aliphatic heterocycles. The SMILES string of the molecule is CCC(C)(C)C(OO)C1CCCCO1. The lowest BCUT2D eigenvalue weighted by Crippen LogP contribution is -2.43. The zero-order valence-electron chi connectivity index (χ0n) is 9.45. The largest absolute Gasteiger partial charge is 0.375 e. The van der Waals surface area contributed by atoms with Crippen LogP contribution in [-0.2, 0) is 9.62 Å². The van der Waals surface area contributed by atoms with E-state index in [0.29, 0.717) is 0 Å². The van der Waals surface area contributed by atoms with Crippen molar-refractivity contribution < 1.29 is 14.9 Å². The molecule has 0 aromatic heterocycles. The Balaban J connectivity index is 2.59. The van der Waals surface area contributed by atoms with Gasteiger partial charge in [-0.2, -0.15) is 0 Å². The van der Waals surface area contributed by atoms with Crippen molar-refractivity contribution in [2.75, 3.05) is 6.61 Å². The predicted molar refractivity (Wildman–Crippen MR) is 55.2 cm³/mol. The second-order valence-corrected chi connectivity index (χ2v) is 4.77. The standard InChI is InChI=1S/C11H22O3/c1-4-11(2,3)10(14-12)9-7-5-6-8-13-9/h9-10,12H,4-8H2,1-3H3. The molecule has 1 fully saturated rings. The fourth-order valence-corrected chi connectivity index (χ4v) is 1.92. The van der Waals surface area contributed by atoms with Crippen molar-refractivity contribution in [2.24, 2.45) is 5.41 Å². The Morgan fingerprint density at radius 1 is 1.50 bits per heavy atom. The molecule has 0 amide bonds. The van der Waals surface area contributed by atoms with Gasteiger partial charge in [0.1, 0.15) is 6.10 Å². The molecule has 0 bridgehead atoms. The van der Waals surface area contributed by atoms with Crippen LogP contribution in [0, 0.1) is 5.41 Å². The lowest BCUT2D eigenvalue weighted by molar-refractivity contribution is -0.326. The molecule has 0 spiro atoms. The monoisotopic (exact) mass is 202 g/mol. The molecule has 14 heavy (non-hydrogen) atoms. The van der Waals surface area contributed by atoms with Gasteiger partial charge in [0.25, 0.3) is 0 Å². The van der Waals surface area contributed by atoms with E-state index in [1.165, 1.54) is 6.42 Å². The molecule has 1 saturated heterocycles. The van der Waals surface area contributed by atoms with Crippen molar-refractivity contribution in [3.05, 3.63) is 0 Å². The van der Waals surface area contributed by atoms with Crippen LogP contribution in [0.15, 0.2) is 0 Å². The van der Waals surface area contributed by atoms with Crippen LogP contribution < -0.4 is 0 Å². The van der Waals surface area contributed by atoms with Crippen LogP contribution in [0.4, 0.5) is 0 Å². The third-order valence-electron chi connectivity index (χ3n) is 3.35. The zero-order valence-corrected chi connectivity index (χ0v) is 9.45. The predicted octanol–water partition coefficient (Wildman–Crippen LogP) is 2.85. The van der Waals surface area contributed by atoms with Gasteiger partial charge in [0.05, 0.1) is 6.10 Å². The van der Waals surface area contributed by atoms with Gasteiger partial charge in [-0.1, -0.05) is 20.8 Å². The summed E-state index contributed by atoms with van der Waals surface area (Å²) in [7, 11) is 0. The molecule has 0 radical (unpaired) electrons. The number of hydrogen-bond donors (Lipinski definition) is 1. The third kappa shape index (κ3) is 2.69. The van der Waals surface area contributed by atoms with Crippen LogP contribution in [0.5, 0.6) is 0 Å². The fraction of sp³-hybridized carbons (Fsp3) is 1.00. The highest BCUT2D eigenvalue weighted by atomic mass is 17.1. The van der Waals surface area contributed by atoms with Gasteiger partial charge >= 0.3 is 0 Å². The average Bonchev–Trinajstić information content (AvgIpc) is 2.20. The van der Waals surface area contributed by atoms with Gasteiger partial charge in [-0.15, -0.1) is 0 Å². The van der Waals surface area contributed by atoms with Gasteiger partial charge in [-0.25, -0.2) is 4.89 Å². The van der Waals surface area contributed by atoms with E-state index in [0.717, 1.165) is 25.9 Å². The maximum atomic E-state index is 8.97. The molecule has 1 N–H and O–H groups in total. The second kappa shape index (κ2) is 5.10. The van der Waals surface area contributed by atoms with E-state index in [4.69, 9.17) is 9.99 Å². The first kappa shape index (κ1) is 12.0. The third-order valence-corrected chi connectivity index (χ3v) is 3.35. The molecule has 1 rings (SSSR count). The van der Waals surface area contributed by atoms with Crippen molar-refractivity contribution in [3.8, 4) is 0 Å². The first-order valence-corrected chi connectivity index (χ1v) is 5.53. The van der Waals surface area contributed by atoms with Gasteiger partial charge in [0.15, 0.2) is 0 Å². The van der Waals surface area contributed by atoms with Crippen LogP contribution in [-0.4, -0.2) is 24.1 Å². The van der Waals surface area contributed by atoms with Crippen molar-refractivity contribution in [2.45, 2.75) is 58.7 Å². The quantitative estimate of drug-likeness (QED) is 0.562. The minimum atomic E-state index is -0.201. The Morgan fingerprint density at radius 3 is 2.64 bits per heavy atom. The molecule has 1 heterocycles. The maximum Gasteiger partial charge on any atom is 0.124 e. The minimum Gasteiger partial charge on any atom is -0.375 e. The summed E-state index contributed by atoms with van der Waals surface area (Å²) in [5, 5.41) is 8.97. The van der Waals surface area contributed by atoms with E-state index < -0.39 is 0 Å². The number of ether oxygens (including phenoxy) is 1. The topological polar surface area (TPSA) is 38.7 Å². The van der Waals surface area contributed by atoms with Crippen LogP contribution in [0.1, 0.15) is 46.5 Å². The van der Waals surface area contributed by atoms with E-state index in [2.05, 4.69) is 25.7 Å². The molecule has 0 aliphatic carbocycles. The van der Waals surface area contributed by atoms with Gasteiger partial charge in [0, 0.05) is 6.61 Å². The van der Waals surface area contributed by atoms with Crippen molar-refractivity contribution in [3.63, 3.8) is 0 Å². The van der Waals surface area contributed by atoms with E-state index in [1.54, 1.807) is 0 Å². The first-order chi connectivity index (χ1) is 6.61. The molecule has 0 aromatic rings. The lowest BCUT2D eigenvalue weighted by atomic mass is 9.79. The molecule has 1 aliphatic rings. The summed E-state index contributed by atoms with van der Waals surface area (Å²) >= 11 is 0. The van der Waals surface area contributed by atoms with Gasteiger partial charge < -0.3 is 4.74 Å². The summed E-state index contributed by atoms with van der Waals surface area (Å²) in [4.78, 5) is 4.62. The normalized spacial score (nSPS) is 26.1. The summed E-state index contributed by atoms with van der Waals surface area (Å²) in [6.07, 6.45) is 4.12. The summed E-state index contributed by atoms with van der Waals surface area (Å²) in [6, 6.07) is 0. The Bertz CT molecular complexity index is 162. The van der Waals surface area contributed by atoms with Gasteiger partial charge in [-0.3, -0.25) is 5.26 Å². The molecule has 0 aromatic carbocycles. The van der Waals surface area contributed by atoms with Gasteiger partial charge in [-0.05, 0) is 31.1 Å². The highest BCUT2D eigenvalue weighted by Crippen LogP contribution is 2.33. The van der Waals surface area contributed by atoms with Crippen LogP contribution in [0.2, 0.25) is 0 Å². The van der Waals surface area contributed by atoms with E-state index >= 15 is 0 Å². The minimum absolute atomic E-state index is 0.0310. The zero-order chi connectivity index (χ0) is 10.6. The van der Waals surface area contributed by atoms with Crippen molar-refractivity contribution in [1.82, 2.24) is 0 Å². The lowest BCUT2D eigenvalue weighted by Gasteiger charge is -2.37. The van der Waals surface area contributed by atoms with E-state index in [1.807, 2.05) is 0 Å². The Labute approximate surface area is 86.3 Å². The van der Waals surface area contributed by atoms with Crippen molar-refractivity contribution >= 4 is 0 Å². The molecule has 2 atom stereocenters. The Kier molecular flexibility index (Phi) is 4.35. The van der Waals surface area contributed by atoms with E-state index in [-0.39, 0.29) is 17.6 Å². The summed E-state index contributed by atoms with van der Waals surface area (Å²) < 4.78 is 5.63. The highest BCUT2D eigenvalue weighted by molar-refractivity contribution is 4.85. The smallest absolute Gasteiger partial charge is 0.124 e. The molecule has 0 saturated carbocycles. The van der Waals surface area contributed by atoms with E-state index in [9.17, 15) is 0 Å². The van der Waals surface area contributed by atoms with Crippen LogP contribution >= 0.6 is 0 Å². The van der Waals surface area contributed by atoms with Crippen molar-refractivity contribution in [1.29, 1.82) is 0 Å². The summed E-state index contributed by atoms with van der Waals surface area (Å²) in [5.74, 6) is 0. The van der Waals surface area contributed by atoms with Gasteiger partial charge in [0.2, 0.25) is 0 Å². The summed E-state index contributed by atoms with van der Waals surface area (Å²) in [5.41, 5.74) is -0.0310. The maximum absolute atomic E-state index is 8.97. The fourth-order valence-electron chi connectivity index (χ4n) is 1.92. The molecular weight excluding hydrogens is 180 g/mol. The highest BCUT2D eigenvalue weighted by Gasteiger charge is 2.37. The summed E-state index contributed by atoms with van der Waals surface area (Å²) in [6.45, 7) is 7.11. The number of hydrogen-bond acceptors (Lipinski definition) is 3. The Hall–Kier alpha value is -0.120. The Morgan fingerprint density at radius 2 is 2.21 bits per heavy atom.